The van der Waals surface area contributed by atoms with E-state index in [1.54, 1.807) is 6.92 Å². The molecule has 4 nitrogen and oxygen atoms in total. The molecule has 152 valence electrons. The maximum atomic E-state index is 12.1. The van der Waals surface area contributed by atoms with Crippen molar-refractivity contribution in [2.75, 3.05) is 11.9 Å². The fraction of sp³-hybridized carbons (Fsp3) is 0.409. The van der Waals surface area contributed by atoms with E-state index in [0.717, 1.165) is 12.2 Å². The number of hydrogen-bond donors (Lipinski definition) is 2. The molecular formula is C22H27Cl2NO3. The molecule has 0 aliphatic carbocycles. The summed E-state index contributed by atoms with van der Waals surface area (Å²) in [4.78, 5) is 12.1. The van der Waals surface area contributed by atoms with Crippen molar-refractivity contribution < 1.29 is 14.6 Å². The van der Waals surface area contributed by atoms with E-state index in [1.807, 2.05) is 18.2 Å². The fourth-order valence-corrected chi connectivity index (χ4v) is 3.28. The van der Waals surface area contributed by atoms with Gasteiger partial charge in [0.1, 0.15) is 5.75 Å². The lowest BCUT2D eigenvalue weighted by Gasteiger charge is -2.12. The highest BCUT2D eigenvalue weighted by molar-refractivity contribution is 6.37. The number of benzene rings is 2. The van der Waals surface area contributed by atoms with Crippen LogP contribution in [0.15, 0.2) is 30.3 Å². The summed E-state index contributed by atoms with van der Waals surface area (Å²) in [6.45, 7) is 4.13. The summed E-state index contributed by atoms with van der Waals surface area (Å²) < 4.78 is 5.70. The topological polar surface area (TPSA) is 58.6 Å². The van der Waals surface area contributed by atoms with Gasteiger partial charge in [-0.15, -0.1) is 0 Å². The predicted octanol–water partition coefficient (Wildman–Crippen LogP) is 6.54. The molecule has 0 spiro atoms. The lowest BCUT2D eigenvalue weighted by atomic mass is 10.1. The number of phenolic OH excluding ortho intramolecular Hbond substituents is 1. The number of unbranched alkanes of at least 4 members (excludes halogenated alkanes) is 3. The molecule has 0 heterocycles. The van der Waals surface area contributed by atoms with Crippen LogP contribution in [0.5, 0.6) is 11.5 Å². The summed E-state index contributed by atoms with van der Waals surface area (Å²) in [7, 11) is 0. The molecule has 0 aliphatic heterocycles. The molecule has 0 aliphatic rings. The Morgan fingerprint density at radius 3 is 2.71 bits per heavy atom. The summed E-state index contributed by atoms with van der Waals surface area (Å²) >= 11 is 12.1. The molecular weight excluding hydrogens is 397 g/mol. The summed E-state index contributed by atoms with van der Waals surface area (Å²) in [5.74, 6) is 0.278. The molecule has 0 saturated carbocycles. The maximum absolute atomic E-state index is 12.1. The van der Waals surface area contributed by atoms with E-state index in [-0.39, 0.29) is 35.4 Å². The van der Waals surface area contributed by atoms with Gasteiger partial charge in [0.15, 0.2) is 5.75 Å². The van der Waals surface area contributed by atoms with Gasteiger partial charge in [-0.25, -0.2) is 0 Å². The number of rotatable bonds is 10. The highest BCUT2D eigenvalue weighted by atomic mass is 35.5. The van der Waals surface area contributed by atoms with E-state index < -0.39 is 0 Å². The molecule has 0 unspecified atom stereocenters. The molecule has 28 heavy (non-hydrogen) atoms. The lowest BCUT2D eigenvalue weighted by Crippen LogP contribution is -2.15. The van der Waals surface area contributed by atoms with Crippen LogP contribution in [0.25, 0.3) is 0 Å². The third kappa shape index (κ3) is 6.61. The van der Waals surface area contributed by atoms with Crippen LogP contribution in [0.4, 0.5) is 5.69 Å². The second-order valence-electron chi connectivity index (χ2n) is 6.80. The number of carbonyl (C=O) groups is 1. The minimum Gasteiger partial charge on any atom is -0.504 e. The number of hydrogen-bond acceptors (Lipinski definition) is 3. The second-order valence-corrected chi connectivity index (χ2v) is 7.58. The van der Waals surface area contributed by atoms with Crippen LogP contribution in [-0.4, -0.2) is 17.6 Å². The number of aryl methyl sites for hydroxylation is 1. The zero-order valence-corrected chi connectivity index (χ0v) is 17.9. The van der Waals surface area contributed by atoms with Gasteiger partial charge in [-0.1, -0.05) is 61.5 Å². The van der Waals surface area contributed by atoms with Crippen LogP contribution in [0, 0.1) is 6.92 Å². The number of phenols is 1. The Balaban J connectivity index is 1.83. The summed E-state index contributed by atoms with van der Waals surface area (Å²) in [6, 6.07) is 9.46. The molecule has 2 N–H and O–H groups in total. The molecule has 0 fully saturated rings. The lowest BCUT2D eigenvalue weighted by molar-refractivity contribution is -0.116. The standard InChI is InChI=1S/C22H27Cl2NO3/c1-3-4-5-6-8-16-9-7-10-17(13-16)28-12-11-20(26)25-19-14-18(23)15(2)21(24)22(19)27/h7,9-10,13-14,27H,3-6,8,11-12H2,1-2H3,(H,25,26). The number of amides is 1. The molecule has 2 aromatic carbocycles. The van der Waals surface area contributed by atoms with Crippen molar-refractivity contribution in [2.24, 2.45) is 0 Å². The van der Waals surface area contributed by atoms with Crippen LogP contribution >= 0.6 is 23.2 Å². The summed E-state index contributed by atoms with van der Waals surface area (Å²) in [6.07, 6.45) is 6.07. The molecule has 1 amide bonds. The molecule has 0 bridgehead atoms. The minimum absolute atomic E-state index is 0.134. The number of carbonyl (C=O) groups excluding carboxylic acids is 1. The van der Waals surface area contributed by atoms with Crippen LogP contribution in [0.3, 0.4) is 0 Å². The van der Waals surface area contributed by atoms with Crippen LogP contribution in [-0.2, 0) is 11.2 Å². The Morgan fingerprint density at radius 2 is 1.96 bits per heavy atom. The Bertz CT molecular complexity index is 809. The molecule has 2 aromatic rings. The Kier molecular flexibility index (Phi) is 8.94. The zero-order valence-electron chi connectivity index (χ0n) is 16.4. The second kappa shape index (κ2) is 11.2. The van der Waals surface area contributed by atoms with Crippen molar-refractivity contribution in [3.63, 3.8) is 0 Å². The van der Waals surface area contributed by atoms with E-state index in [0.29, 0.717) is 10.6 Å². The van der Waals surface area contributed by atoms with Gasteiger partial charge in [0.25, 0.3) is 0 Å². The summed E-state index contributed by atoms with van der Waals surface area (Å²) in [5, 5.41) is 13.2. The normalized spacial score (nSPS) is 10.7. The summed E-state index contributed by atoms with van der Waals surface area (Å²) in [5.41, 5.74) is 2.00. The number of nitrogens with one attached hydrogen (secondary N) is 1. The molecule has 0 aromatic heterocycles. The van der Waals surface area contributed by atoms with Crippen molar-refractivity contribution >= 4 is 34.8 Å². The van der Waals surface area contributed by atoms with Gasteiger partial charge in [-0.2, -0.15) is 0 Å². The Hall–Kier alpha value is -1.91. The van der Waals surface area contributed by atoms with Crippen molar-refractivity contribution in [1.29, 1.82) is 0 Å². The van der Waals surface area contributed by atoms with Crippen molar-refractivity contribution in [1.82, 2.24) is 0 Å². The van der Waals surface area contributed by atoms with Gasteiger partial charge in [-0.3, -0.25) is 4.79 Å². The molecule has 0 saturated heterocycles. The number of aromatic hydroxyl groups is 1. The number of anilines is 1. The molecule has 6 heteroatoms. The zero-order chi connectivity index (χ0) is 20.5. The predicted molar refractivity (Wildman–Crippen MR) is 116 cm³/mol. The third-order valence-electron chi connectivity index (χ3n) is 4.51. The number of halogens is 2. The van der Waals surface area contributed by atoms with Crippen LogP contribution in [0.1, 0.15) is 50.2 Å². The van der Waals surface area contributed by atoms with E-state index in [2.05, 4.69) is 18.3 Å². The highest BCUT2D eigenvalue weighted by Crippen LogP contribution is 2.38. The average Bonchev–Trinajstić information content (AvgIpc) is 2.68. The quantitative estimate of drug-likeness (QED) is 0.336. The molecule has 0 atom stereocenters. The van der Waals surface area contributed by atoms with Gasteiger partial charge >= 0.3 is 0 Å². The molecule has 0 radical (unpaired) electrons. The monoisotopic (exact) mass is 423 g/mol. The van der Waals surface area contributed by atoms with Crippen molar-refractivity contribution in [3.8, 4) is 11.5 Å². The highest BCUT2D eigenvalue weighted by Gasteiger charge is 2.14. The average molecular weight is 424 g/mol. The third-order valence-corrected chi connectivity index (χ3v) is 5.37. The van der Waals surface area contributed by atoms with Crippen LogP contribution < -0.4 is 10.1 Å². The first-order valence-corrected chi connectivity index (χ1v) is 10.4. The Labute approximate surface area is 176 Å². The fourth-order valence-electron chi connectivity index (χ4n) is 2.82. The minimum atomic E-state index is -0.290. The SMILES string of the molecule is CCCCCCc1cccc(OCCC(=O)Nc2cc(Cl)c(C)c(Cl)c2O)c1. The smallest absolute Gasteiger partial charge is 0.227 e. The first-order chi connectivity index (χ1) is 13.4. The number of ether oxygens (including phenoxy) is 1. The van der Waals surface area contributed by atoms with Crippen LogP contribution in [0.2, 0.25) is 10.0 Å². The van der Waals surface area contributed by atoms with E-state index in [1.165, 1.54) is 37.3 Å². The largest absolute Gasteiger partial charge is 0.504 e. The van der Waals surface area contributed by atoms with E-state index in [4.69, 9.17) is 27.9 Å². The van der Waals surface area contributed by atoms with E-state index in [9.17, 15) is 9.90 Å². The van der Waals surface area contributed by atoms with Gasteiger partial charge < -0.3 is 15.2 Å². The maximum Gasteiger partial charge on any atom is 0.227 e. The first-order valence-electron chi connectivity index (χ1n) is 9.61. The molecule has 2 rings (SSSR count). The first kappa shape index (κ1) is 22.4. The van der Waals surface area contributed by atoms with Crippen molar-refractivity contribution in [3.05, 3.63) is 51.5 Å². The van der Waals surface area contributed by atoms with E-state index >= 15 is 0 Å². The van der Waals surface area contributed by atoms with Gasteiger partial charge in [0, 0.05) is 5.02 Å². The van der Waals surface area contributed by atoms with Gasteiger partial charge in [0.05, 0.1) is 23.7 Å². The Morgan fingerprint density at radius 1 is 1.18 bits per heavy atom. The van der Waals surface area contributed by atoms with Gasteiger partial charge in [0.2, 0.25) is 5.91 Å². The van der Waals surface area contributed by atoms with Gasteiger partial charge in [-0.05, 0) is 49.1 Å². The van der Waals surface area contributed by atoms with Crippen molar-refractivity contribution in [2.45, 2.75) is 52.4 Å².